The summed E-state index contributed by atoms with van der Waals surface area (Å²) in [5.41, 5.74) is 6.22. The van der Waals surface area contributed by atoms with Gasteiger partial charge in [-0.1, -0.05) is 20.3 Å². The number of thioether (sulfide) groups is 1. The fourth-order valence-corrected chi connectivity index (χ4v) is 3.75. The van der Waals surface area contributed by atoms with Gasteiger partial charge >= 0.3 is 0 Å². The largest absolute Gasteiger partial charge is 0.330 e. The maximum Gasteiger partial charge on any atom is 0.0191 e. The Morgan fingerprint density at radius 2 is 2.27 bits per heavy atom. The Hall–Kier alpha value is 0.270. The van der Waals surface area contributed by atoms with Crippen molar-refractivity contribution < 1.29 is 0 Å². The topological polar surface area (TPSA) is 29.3 Å². The van der Waals surface area contributed by atoms with Crippen LogP contribution < -0.4 is 5.73 Å². The van der Waals surface area contributed by atoms with E-state index in [1.807, 2.05) is 0 Å². The number of hydrogen-bond acceptors (Lipinski definition) is 3. The van der Waals surface area contributed by atoms with Gasteiger partial charge in [-0.25, -0.2) is 0 Å². The molecule has 2 unspecified atom stereocenters. The predicted octanol–water partition coefficient (Wildman–Crippen LogP) is 2.19. The number of nitrogens with zero attached hydrogens (tertiary/aromatic N) is 1. The Kier molecular flexibility index (Phi) is 5.44. The van der Waals surface area contributed by atoms with E-state index in [-0.39, 0.29) is 0 Å². The van der Waals surface area contributed by atoms with Crippen LogP contribution in [0, 0.1) is 5.41 Å². The standard InChI is InChI=1S/C12H26N2S/c1-4-6-12(2,9-13)10-14(3)11-5-7-15-8-11/h11H,4-10,13H2,1-3H3. The SMILES string of the molecule is CCCC(C)(CN)CN(C)C1CCSC1. The molecule has 1 rings (SSSR count). The molecule has 0 aromatic rings. The van der Waals surface area contributed by atoms with Gasteiger partial charge in [0.15, 0.2) is 0 Å². The maximum absolute atomic E-state index is 5.91. The van der Waals surface area contributed by atoms with E-state index in [0.717, 1.165) is 19.1 Å². The third-order valence-electron chi connectivity index (χ3n) is 3.51. The quantitative estimate of drug-likeness (QED) is 0.758. The van der Waals surface area contributed by atoms with Crippen molar-refractivity contribution >= 4 is 11.8 Å². The van der Waals surface area contributed by atoms with Crippen LogP contribution in [-0.4, -0.2) is 42.6 Å². The molecular weight excluding hydrogens is 204 g/mol. The monoisotopic (exact) mass is 230 g/mol. The average molecular weight is 230 g/mol. The highest BCUT2D eigenvalue weighted by Gasteiger charge is 2.28. The van der Waals surface area contributed by atoms with Gasteiger partial charge in [0.25, 0.3) is 0 Å². The Morgan fingerprint density at radius 3 is 2.73 bits per heavy atom. The lowest BCUT2D eigenvalue weighted by Crippen LogP contribution is -2.43. The van der Waals surface area contributed by atoms with Crippen LogP contribution in [0.5, 0.6) is 0 Å². The third kappa shape index (κ3) is 3.97. The molecule has 0 saturated carbocycles. The van der Waals surface area contributed by atoms with Gasteiger partial charge in [0.1, 0.15) is 0 Å². The first-order valence-corrected chi connectivity index (χ1v) is 7.25. The second-order valence-electron chi connectivity index (χ2n) is 5.20. The minimum Gasteiger partial charge on any atom is -0.330 e. The van der Waals surface area contributed by atoms with Crippen molar-refractivity contribution in [1.82, 2.24) is 4.90 Å². The minimum atomic E-state index is 0.316. The van der Waals surface area contributed by atoms with Crippen molar-refractivity contribution in [3.8, 4) is 0 Å². The van der Waals surface area contributed by atoms with Gasteiger partial charge in [0.2, 0.25) is 0 Å². The molecule has 3 heteroatoms. The first-order chi connectivity index (χ1) is 7.11. The van der Waals surface area contributed by atoms with E-state index in [2.05, 4.69) is 37.6 Å². The normalized spacial score (nSPS) is 25.8. The lowest BCUT2D eigenvalue weighted by Gasteiger charge is -2.35. The zero-order valence-corrected chi connectivity index (χ0v) is 11.3. The molecule has 2 N–H and O–H groups in total. The highest BCUT2D eigenvalue weighted by molar-refractivity contribution is 7.99. The van der Waals surface area contributed by atoms with Crippen LogP contribution in [-0.2, 0) is 0 Å². The van der Waals surface area contributed by atoms with E-state index in [0.29, 0.717) is 5.41 Å². The highest BCUT2D eigenvalue weighted by Crippen LogP contribution is 2.27. The summed E-state index contributed by atoms with van der Waals surface area (Å²) in [4.78, 5) is 2.53. The molecular formula is C12H26N2S. The maximum atomic E-state index is 5.91. The Morgan fingerprint density at radius 1 is 1.53 bits per heavy atom. The van der Waals surface area contributed by atoms with E-state index in [1.54, 1.807) is 0 Å². The van der Waals surface area contributed by atoms with Crippen LogP contribution in [0.25, 0.3) is 0 Å². The zero-order valence-electron chi connectivity index (χ0n) is 10.5. The van der Waals surface area contributed by atoms with Crippen LogP contribution in [0.15, 0.2) is 0 Å². The Bertz CT molecular complexity index is 180. The van der Waals surface area contributed by atoms with Gasteiger partial charge in [-0.3, -0.25) is 0 Å². The summed E-state index contributed by atoms with van der Waals surface area (Å²) in [6.07, 6.45) is 3.84. The molecule has 0 aliphatic carbocycles. The van der Waals surface area contributed by atoms with Gasteiger partial charge < -0.3 is 10.6 Å². The van der Waals surface area contributed by atoms with Gasteiger partial charge in [0.05, 0.1) is 0 Å². The van der Waals surface area contributed by atoms with Crippen molar-refractivity contribution in [3.05, 3.63) is 0 Å². The molecule has 0 radical (unpaired) electrons. The number of hydrogen-bond donors (Lipinski definition) is 1. The Labute approximate surface area is 99.0 Å². The predicted molar refractivity (Wildman–Crippen MR) is 70.4 cm³/mol. The summed E-state index contributed by atoms with van der Waals surface area (Å²) in [7, 11) is 2.26. The number of rotatable bonds is 6. The van der Waals surface area contributed by atoms with Gasteiger partial charge in [0, 0.05) is 18.3 Å². The van der Waals surface area contributed by atoms with E-state index in [1.165, 1.54) is 30.8 Å². The molecule has 0 bridgehead atoms. The van der Waals surface area contributed by atoms with E-state index in [9.17, 15) is 0 Å². The van der Waals surface area contributed by atoms with Crippen molar-refractivity contribution in [3.63, 3.8) is 0 Å². The van der Waals surface area contributed by atoms with E-state index >= 15 is 0 Å². The molecule has 1 aliphatic rings. The Balaban J connectivity index is 2.42. The van der Waals surface area contributed by atoms with Crippen molar-refractivity contribution in [2.24, 2.45) is 11.1 Å². The van der Waals surface area contributed by atoms with Crippen LogP contribution in [0.4, 0.5) is 0 Å². The third-order valence-corrected chi connectivity index (χ3v) is 4.65. The minimum absolute atomic E-state index is 0.316. The van der Waals surface area contributed by atoms with Crippen LogP contribution in [0.1, 0.15) is 33.1 Å². The van der Waals surface area contributed by atoms with Crippen molar-refractivity contribution in [2.75, 3.05) is 31.6 Å². The molecule has 1 saturated heterocycles. The summed E-state index contributed by atoms with van der Waals surface area (Å²) in [6, 6.07) is 0.790. The lowest BCUT2D eigenvalue weighted by molar-refractivity contribution is 0.153. The van der Waals surface area contributed by atoms with E-state index in [4.69, 9.17) is 5.73 Å². The molecule has 1 heterocycles. The first kappa shape index (κ1) is 13.3. The molecule has 1 fully saturated rings. The summed E-state index contributed by atoms with van der Waals surface area (Å²) in [5.74, 6) is 2.64. The second kappa shape index (κ2) is 6.12. The molecule has 2 atom stereocenters. The zero-order chi connectivity index (χ0) is 11.3. The fraction of sp³-hybridized carbons (Fsp3) is 1.00. The van der Waals surface area contributed by atoms with E-state index < -0.39 is 0 Å². The summed E-state index contributed by atoms with van der Waals surface area (Å²) in [6.45, 7) is 6.54. The van der Waals surface area contributed by atoms with Crippen molar-refractivity contribution in [1.29, 1.82) is 0 Å². The average Bonchev–Trinajstić information content (AvgIpc) is 2.71. The number of nitrogens with two attached hydrogens (primary N) is 1. The summed E-state index contributed by atoms with van der Waals surface area (Å²) < 4.78 is 0. The smallest absolute Gasteiger partial charge is 0.0191 e. The summed E-state index contributed by atoms with van der Waals surface area (Å²) in [5, 5.41) is 0. The van der Waals surface area contributed by atoms with Crippen LogP contribution in [0.2, 0.25) is 0 Å². The van der Waals surface area contributed by atoms with Crippen LogP contribution in [0.3, 0.4) is 0 Å². The van der Waals surface area contributed by atoms with Gasteiger partial charge in [-0.2, -0.15) is 11.8 Å². The van der Waals surface area contributed by atoms with Gasteiger partial charge in [-0.05, 0) is 37.6 Å². The molecule has 1 aliphatic heterocycles. The second-order valence-corrected chi connectivity index (χ2v) is 6.35. The molecule has 0 spiro atoms. The van der Waals surface area contributed by atoms with Crippen molar-refractivity contribution in [2.45, 2.75) is 39.2 Å². The first-order valence-electron chi connectivity index (χ1n) is 6.09. The van der Waals surface area contributed by atoms with Gasteiger partial charge in [-0.15, -0.1) is 0 Å². The molecule has 15 heavy (non-hydrogen) atoms. The fourth-order valence-electron chi connectivity index (χ4n) is 2.45. The summed E-state index contributed by atoms with van der Waals surface area (Å²) >= 11 is 2.08. The molecule has 0 aromatic heterocycles. The molecule has 0 amide bonds. The molecule has 2 nitrogen and oxygen atoms in total. The highest BCUT2D eigenvalue weighted by atomic mass is 32.2. The molecule has 90 valence electrons. The van der Waals surface area contributed by atoms with Crippen LogP contribution >= 0.6 is 11.8 Å². The molecule has 0 aromatic carbocycles. The lowest BCUT2D eigenvalue weighted by atomic mass is 9.85.